The zero-order chi connectivity index (χ0) is 14.6. The van der Waals surface area contributed by atoms with Gasteiger partial charge in [0.2, 0.25) is 10.0 Å². The first-order valence-corrected chi connectivity index (χ1v) is 8.80. The summed E-state index contributed by atoms with van der Waals surface area (Å²) in [6.07, 6.45) is 3.01. The second kappa shape index (κ2) is 6.70. The molecule has 112 valence electrons. The Hall–Kier alpha value is -0.910. The van der Waals surface area contributed by atoms with Crippen molar-refractivity contribution in [1.82, 2.24) is 9.62 Å². The van der Waals surface area contributed by atoms with E-state index in [4.69, 9.17) is 0 Å². The number of nitrogens with one attached hydrogen (secondary N) is 1. The van der Waals surface area contributed by atoms with Crippen LogP contribution in [0.1, 0.15) is 37.3 Å². The van der Waals surface area contributed by atoms with Gasteiger partial charge in [0.15, 0.2) is 0 Å². The van der Waals surface area contributed by atoms with Crippen LogP contribution in [0.2, 0.25) is 0 Å². The molecule has 1 aliphatic heterocycles. The van der Waals surface area contributed by atoms with Crippen LogP contribution in [0, 0.1) is 6.92 Å². The third kappa shape index (κ3) is 3.22. The molecule has 1 saturated heterocycles. The summed E-state index contributed by atoms with van der Waals surface area (Å²) >= 11 is 0. The van der Waals surface area contributed by atoms with E-state index in [1.54, 1.807) is 10.4 Å². The van der Waals surface area contributed by atoms with Crippen LogP contribution in [0.3, 0.4) is 0 Å². The van der Waals surface area contributed by atoms with Gasteiger partial charge in [-0.05, 0) is 49.9 Å². The molecular weight excluding hydrogens is 272 g/mol. The van der Waals surface area contributed by atoms with Gasteiger partial charge in [-0.1, -0.05) is 19.1 Å². The van der Waals surface area contributed by atoms with Crippen molar-refractivity contribution >= 4 is 10.0 Å². The predicted molar refractivity (Wildman–Crippen MR) is 81.2 cm³/mol. The molecule has 1 N–H and O–H groups in total. The van der Waals surface area contributed by atoms with Crippen LogP contribution in [0.15, 0.2) is 23.1 Å². The maximum absolute atomic E-state index is 12.6. The average molecular weight is 296 g/mol. The molecule has 0 saturated carbocycles. The van der Waals surface area contributed by atoms with Crippen LogP contribution in [-0.2, 0) is 16.6 Å². The standard InChI is InChI=1S/C15H24N2O2S/c1-3-9-16-12-14-7-6-8-15(13(14)2)20(18,19)17-10-4-5-11-17/h6-8,16H,3-5,9-12H2,1-2H3. The Morgan fingerprint density at radius 1 is 1.25 bits per heavy atom. The fraction of sp³-hybridized carbons (Fsp3) is 0.600. The molecule has 1 aliphatic rings. The molecule has 4 nitrogen and oxygen atoms in total. The summed E-state index contributed by atoms with van der Waals surface area (Å²) in [7, 11) is -3.32. The van der Waals surface area contributed by atoms with E-state index >= 15 is 0 Å². The lowest BCUT2D eigenvalue weighted by atomic mass is 10.1. The normalized spacial score (nSPS) is 16.7. The molecule has 0 bridgehead atoms. The van der Waals surface area contributed by atoms with Crippen LogP contribution in [0.5, 0.6) is 0 Å². The Morgan fingerprint density at radius 2 is 1.95 bits per heavy atom. The highest BCUT2D eigenvalue weighted by molar-refractivity contribution is 7.89. The topological polar surface area (TPSA) is 49.4 Å². The van der Waals surface area contributed by atoms with Crippen molar-refractivity contribution in [1.29, 1.82) is 0 Å². The molecule has 0 amide bonds. The van der Waals surface area contributed by atoms with Gasteiger partial charge in [0.05, 0.1) is 4.90 Å². The van der Waals surface area contributed by atoms with E-state index in [0.29, 0.717) is 18.0 Å². The van der Waals surface area contributed by atoms with Crippen molar-refractivity contribution in [2.75, 3.05) is 19.6 Å². The quantitative estimate of drug-likeness (QED) is 0.819. The smallest absolute Gasteiger partial charge is 0.243 e. The summed E-state index contributed by atoms with van der Waals surface area (Å²) in [5.74, 6) is 0. The zero-order valence-electron chi connectivity index (χ0n) is 12.4. The number of sulfonamides is 1. The molecule has 0 unspecified atom stereocenters. The number of hydrogen-bond acceptors (Lipinski definition) is 3. The van der Waals surface area contributed by atoms with E-state index in [-0.39, 0.29) is 0 Å². The average Bonchev–Trinajstić information content (AvgIpc) is 2.95. The fourth-order valence-corrected chi connectivity index (χ4v) is 4.38. The lowest BCUT2D eigenvalue weighted by molar-refractivity contribution is 0.477. The van der Waals surface area contributed by atoms with Gasteiger partial charge in [-0.25, -0.2) is 8.42 Å². The summed E-state index contributed by atoms with van der Waals surface area (Å²) in [5, 5.41) is 3.33. The molecule has 1 heterocycles. The summed E-state index contributed by atoms with van der Waals surface area (Å²) in [4.78, 5) is 0.468. The number of rotatable bonds is 6. The van der Waals surface area contributed by atoms with Gasteiger partial charge in [0.1, 0.15) is 0 Å². The number of hydrogen-bond donors (Lipinski definition) is 1. The van der Waals surface area contributed by atoms with Gasteiger partial charge in [-0.15, -0.1) is 0 Å². The monoisotopic (exact) mass is 296 g/mol. The molecule has 0 radical (unpaired) electrons. The van der Waals surface area contributed by atoms with Crippen molar-refractivity contribution in [3.63, 3.8) is 0 Å². The minimum absolute atomic E-state index is 0.468. The number of nitrogens with zero attached hydrogens (tertiary/aromatic N) is 1. The first-order valence-electron chi connectivity index (χ1n) is 7.36. The van der Waals surface area contributed by atoms with Gasteiger partial charge >= 0.3 is 0 Å². The highest BCUT2D eigenvalue weighted by Crippen LogP contribution is 2.25. The van der Waals surface area contributed by atoms with E-state index in [0.717, 1.165) is 43.5 Å². The van der Waals surface area contributed by atoms with Gasteiger partial charge in [-0.2, -0.15) is 4.31 Å². The molecule has 0 spiro atoms. The second-order valence-electron chi connectivity index (χ2n) is 5.33. The number of benzene rings is 1. The van der Waals surface area contributed by atoms with Gasteiger partial charge in [0, 0.05) is 19.6 Å². The first kappa shape index (κ1) is 15.5. The van der Waals surface area contributed by atoms with Gasteiger partial charge < -0.3 is 5.32 Å². The predicted octanol–water partition coefficient (Wildman–Crippen LogP) is 2.28. The van der Waals surface area contributed by atoms with Crippen LogP contribution >= 0.6 is 0 Å². The van der Waals surface area contributed by atoms with Crippen molar-refractivity contribution < 1.29 is 8.42 Å². The summed E-state index contributed by atoms with van der Waals surface area (Å²) in [5.41, 5.74) is 1.95. The Labute approximate surface area is 122 Å². The van der Waals surface area contributed by atoms with E-state index in [1.165, 1.54) is 0 Å². The lowest BCUT2D eigenvalue weighted by Gasteiger charge is -2.18. The van der Waals surface area contributed by atoms with Crippen molar-refractivity contribution in [2.45, 2.75) is 44.6 Å². The van der Waals surface area contributed by atoms with E-state index in [9.17, 15) is 8.42 Å². The third-order valence-corrected chi connectivity index (χ3v) is 5.86. The van der Waals surface area contributed by atoms with Crippen LogP contribution in [0.25, 0.3) is 0 Å². The lowest BCUT2D eigenvalue weighted by Crippen LogP contribution is -2.28. The van der Waals surface area contributed by atoms with E-state index in [2.05, 4.69) is 12.2 Å². The minimum Gasteiger partial charge on any atom is -0.313 e. The molecule has 1 aromatic rings. The Morgan fingerprint density at radius 3 is 2.60 bits per heavy atom. The van der Waals surface area contributed by atoms with Crippen LogP contribution in [0.4, 0.5) is 0 Å². The largest absolute Gasteiger partial charge is 0.313 e. The van der Waals surface area contributed by atoms with Gasteiger partial charge in [0.25, 0.3) is 0 Å². The molecule has 20 heavy (non-hydrogen) atoms. The Kier molecular flexibility index (Phi) is 5.18. The SMILES string of the molecule is CCCNCc1cccc(S(=O)(=O)N2CCCC2)c1C. The van der Waals surface area contributed by atoms with E-state index in [1.807, 2.05) is 19.1 Å². The van der Waals surface area contributed by atoms with Crippen LogP contribution < -0.4 is 5.32 Å². The highest BCUT2D eigenvalue weighted by Gasteiger charge is 2.28. The minimum atomic E-state index is -3.32. The fourth-order valence-electron chi connectivity index (χ4n) is 2.60. The highest BCUT2D eigenvalue weighted by atomic mass is 32.2. The Bertz CT molecular complexity index is 549. The second-order valence-corrected chi connectivity index (χ2v) is 7.23. The molecule has 5 heteroatoms. The Balaban J connectivity index is 2.25. The zero-order valence-corrected chi connectivity index (χ0v) is 13.2. The van der Waals surface area contributed by atoms with Crippen molar-refractivity contribution in [2.24, 2.45) is 0 Å². The maximum Gasteiger partial charge on any atom is 0.243 e. The van der Waals surface area contributed by atoms with Crippen molar-refractivity contribution in [3.05, 3.63) is 29.3 Å². The first-order chi connectivity index (χ1) is 9.57. The summed E-state index contributed by atoms with van der Waals surface area (Å²) in [6, 6.07) is 5.58. The van der Waals surface area contributed by atoms with E-state index < -0.39 is 10.0 Å². The van der Waals surface area contributed by atoms with Gasteiger partial charge in [-0.3, -0.25) is 0 Å². The van der Waals surface area contributed by atoms with Crippen LogP contribution in [-0.4, -0.2) is 32.4 Å². The molecule has 0 aliphatic carbocycles. The molecular formula is C15H24N2O2S. The molecule has 0 atom stereocenters. The van der Waals surface area contributed by atoms with Crippen molar-refractivity contribution in [3.8, 4) is 0 Å². The molecule has 2 rings (SSSR count). The molecule has 1 fully saturated rings. The molecule has 1 aromatic carbocycles. The summed E-state index contributed by atoms with van der Waals surface area (Å²) < 4.78 is 26.9. The molecule has 0 aromatic heterocycles. The third-order valence-electron chi connectivity index (χ3n) is 3.82. The summed E-state index contributed by atoms with van der Waals surface area (Å²) in [6.45, 7) is 7.01. The maximum atomic E-state index is 12.6.